The van der Waals surface area contributed by atoms with Gasteiger partial charge in [-0.1, -0.05) is 0 Å². The van der Waals surface area contributed by atoms with Gasteiger partial charge in [0.1, 0.15) is 0 Å². The molecule has 3 atom stereocenters. The Morgan fingerprint density at radius 2 is 2.00 bits per heavy atom. The summed E-state index contributed by atoms with van der Waals surface area (Å²) in [6.45, 7) is 0. The summed E-state index contributed by atoms with van der Waals surface area (Å²) in [5.74, 6) is 0. The van der Waals surface area contributed by atoms with Gasteiger partial charge in [-0.2, -0.15) is 0 Å². The highest BCUT2D eigenvalue weighted by Gasteiger charge is 2.40. The molecule has 2 aliphatic rings. The first kappa shape index (κ1) is 9.04. The number of hydrogen-bond donors (Lipinski definition) is 2. The number of anilines is 2. The molecule has 2 saturated heterocycles. The lowest BCUT2D eigenvalue weighted by atomic mass is 9.95. The molecule has 3 N–H and O–H groups in total. The van der Waals surface area contributed by atoms with Crippen LogP contribution in [-0.4, -0.2) is 18.2 Å². The van der Waals surface area contributed by atoms with Gasteiger partial charge in [0, 0.05) is 11.4 Å². The fraction of sp³-hybridized carbons (Fsp3) is 0.500. The lowest BCUT2D eigenvalue weighted by Crippen LogP contribution is -2.30. The molecule has 2 fully saturated rings. The largest absolute Gasteiger partial charge is 0.399 e. The molecule has 3 rings (SSSR count). The fourth-order valence-corrected chi connectivity index (χ4v) is 2.58. The Morgan fingerprint density at radius 1 is 1.20 bits per heavy atom. The highest BCUT2D eigenvalue weighted by atomic mass is 16.5. The Bertz CT molecular complexity index is 349. The van der Waals surface area contributed by atoms with Crippen molar-refractivity contribution in [2.75, 3.05) is 11.1 Å². The zero-order valence-corrected chi connectivity index (χ0v) is 8.65. The normalized spacial score (nSPS) is 33.2. The Kier molecular flexibility index (Phi) is 2.06. The lowest BCUT2D eigenvalue weighted by Gasteiger charge is -2.21. The second-order valence-electron chi connectivity index (χ2n) is 4.48. The predicted molar refractivity (Wildman–Crippen MR) is 60.8 cm³/mol. The minimum Gasteiger partial charge on any atom is -0.399 e. The van der Waals surface area contributed by atoms with E-state index in [1.807, 2.05) is 24.3 Å². The van der Waals surface area contributed by atoms with Crippen molar-refractivity contribution >= 4 is 11.4 Å². The Hall–Kier alpha value is -1.22. The standard InChI is InChI=1S/C12H16N2O/c13-8-1-3-9(4-2-8)14-11-7-10-5-6-12(11)15-10/h1-4,10-12,14H,5-7,13H2. The van der Waals surface area contributed by atoms with E-state index in [4.69, 9.17) is 10.5 Å². The molecule has 0 spiro atoms. The first-order valence-corrected chi connectivity index (χ1v) is 5.59. The van der Waals surface area contributed by atoms with E-state index < -0.39 is 0 Å². The number of benzene rings is 1. The van der Waals surface area contributed by atoms with Crippen molar-refractivity contribution in [3.63, 3.8) is 0 Å². The highest BCUT2D eigenvalue weighted by molar-refractivity contribution is 5.52. The van der Waals surface area contributed by atoms with Crippen molar-refractivity contribution in [3.05, 3.63) is 24.3 Å². The van der Waals surface area contributed by atoms with Gasteiger partial charge in [-0.3, -0.25) is 0 Å². The predicted octanol–water partition coefficient (Wildman–Crippen LogP) is 2.00. The maximum Gasteiger partial charge on any atom is 0.0781 e. The third kappa shape index (κ3) is 1.67. The van der Waals surface area contributed by atoms with Gasteiger partial charge in [0.15, 0.2) is 0 Å². The van der Waals surface area contributed by atoms with Gasteiger partial charge in [-0.25, -0.2) is 0 Å². The molecule has 2 aliphatic heterocycles. The van der Waals surface area contributed by atoms with Crippen LogP contribution in [0.25, 0.3) is 0 Å². The first-order valence-electron chi connectivity index (χ1n) is 5.59. The van der Waals surface area contributed by atoms with Crippen molar-refractivity contribution in [1.82, 2.24) is 0 Å². The molecule has 1 aromatic rings. The van der Waals surface area contributed by atoms with Gasteiger partial charge >= 0.3 is 0 Å². The third-order valence-electron chi connectivity index (χ3n) is 3.37. The van der Waals surface area contributed by atoms with Crippen molar-refractivity contribution in [1.29, 1.82) is 0 Å². The summed E-state index contributed by atoms with van der Waals surface area (Å²) in [5, 5.41) is 3.52. The topological polar surface area (TPSA) is 47.3 Å². The quantitative estimate of drug-likeness (QED) is 0.724. The zero-order chi connectivity index (χ0) is 10.3. The van der Waals surface area contributed by atoms with Crippen LogP contribution in [0.4, 0.5) is 11.4 Å². The molecule has 0 aliphatic carbocycles. The van der Waals surface area contributed by atoms with Crippen LogP contribution in [0.5, 0.6) is 0 Å². The van der Waals surface area contributed by atoms with Gasteiger partial charge < -0.3 is 15.8 Å². The maximum atomic E-state index is 5.79. The van der Waals surface area contributed by atoms with Gasteiger partial charge in [-0.15, -0.1) is 0 Å². The number of nitrogens with two attached hydrogens (primary N) is 1. The van der Waals surface area contributed by atoms with Crippen molar-refractivity contribution in [3.8, 4) is 0 Å². The summed E-state index contributed by atoms with van der Waals surface area (Å²) >= 11 is 0. The minimum absolute atomic E-state index is 0.424. The summed E-state index contributed by atoms with van der Waals surface area (Å²) in [4.78, 5) is 0. The number of nitrogens with one attached hydrogen (secondary N) is 1. The van der Waals surface area contributed by atoms with E-state index in [9.17, 15) is 0 Å². The van der Waals surface area contributed by atoms with E-state index >= 15 is 0 Å². The minimum atomic E-state index is 0.424. The van der Waals surface area contributed by atoms with Crippen molar-refractivity contribution < 1.29 is 4.74 Å². The van der Waals surface area contributed by atoms with Crippen molar-refractivity contribution in [2.45, 2.75) is 37.5 Å². The molecular weight excluding hydrogens is 188 g/mol. The van der Waals surface area contributed by atoms with Crippen LogP contribution in [0, 0.1) is 0 Å². The van der Waals surface area contributed by atoms with E-state index in [1.165, 1.54) is 12.8 Å². The molecule has 3 nitrogen and oxygen atoms in total. The van der Waals surface area contributed by atoms with Crippen LogP contribution < -0.4 is 11.1 Å². The average Bonchev–Trinajstić information content (AvgIpc) is 2.83. The Balaban J connectivity index is 1.68. The first-order chi connectivity index (χ1) is 7.31. The van der Waals surface area contributed by atoms with E-state index in [0.717, 1.165) is 17.8 Å². The van der Waals surface area contributed by atoms with Gasteiger partial charge in [-0.05, 0) is 43.5 Å². The maximum absolute atomic E-state index is 5.79. The second kappa shape index (κ2) is 3.42. The lowest BCUT2D eigenvalue weighted by molar-refractivity contribution is 0.102. The van der Waals surface area contributed by atoms with Crippen LogP contribution in [0.1, 0.15) is 19.3 Å². The third-order valence-corrected chi connectivity index (χ3v) is 3.37. The van der Waals surface area contributed by atoms with Crippen LogP contribution in [0.2, 0.25) is 0 Å². The molecular formula is C12H16N2O. The number of nitrogen functional groups attached to an aromatic ring is 1. The molecule has 0 saturated carbocycles. The van der Waals surface area contributed by atoms with Gasteiger partial charge in [0.2, 0.25) is 0 Å². The van der Waals surface area contributed by atoms with E-state index in [1.54, 1.807) is 0 Å². The number of fused-ring (bicyclic) bond motifs is 2. The van der Waals surface area contributed by atoms with Gasteiger partial charge in [0.05, 0.1) is 18.2 Å². The highest BCUT2D eigenvalue weighted by Crippen LogP contribution is 2.35. The van der Waals surface area contributed by atoms with E-state index in [2.05, 4.69) is 5.32 Å². The Morgan fingerprint density at radius 3 is 2.60 bits per heavy atom. The zero-order valence-electron chi connectivity index (χ0n) is 8.65. The van der Waals surface area contributed by atoms with E-state index in [0.29, 0.717) is 18.2 Å². The number of hydrogen-bond acceptors (Lipinski definition) is 3. The summed E-state index contributed by atoms with van der Waals surface area (Å²) in [7, 11) is 0. The summed E-state index contributed by atoms with van der Waals surface area (Å²) in [6.07, 6.45) is 4.52. The fourth-order valence-electron chi connectivity index (χ4n) is 2.58. The molecule has 15 heavy (non-hydrogen) atoms. The molecule has 0 radical (unpaired) electrons. The molecule has 2 heterocycles. The molecule has 2 bridgehead atoms. The molecule has 3 heteroatoms. The second-order valence-corrected chi connectivity index (χ2v) is 4.48. The van der Waals surface area contributed by atoms with E-state index in [-0.39, 0.29) is 0 Å². The average molecular weight is 204 g/mol. The molecule has 1 aromatic carbocycles. The smallest absolute Gasteiger partial charge is 0.0781 e. The van der Waals surface area contributed by atoms with Gasteiger partial charge in [0.25, 0.3) is 0 Å². The number of ether oxygens (including phenoxy) is 1. The molecule has 80 valence electrons. The number of rotatable bonds is 2. The summed E-state index contributed by atoms with van der Waals surface area (Å²) in [6, 6.07) is 8.41. The monoisotopic (exact) mass is 204 g/mol. The van der Waals surface area contributed by atoms with Crippen LogP contribution in [0.3, 0.4) is 0 Å². The van der Waals surface area contributed by atoms with Crippen LogP contribution in [0.15, 0.2) is 24.3 Å². The van der Waals surface area contributed by atoms with Crippen LogP contribution >= 0.6 is 0 Å². The molecule has 0 amide bonds. The Labute approximate surface area is 89.6 Å². The molecule has 3 unspecified atom stereocenters. The molecule has 0 aromatic heterocycles. The summed E-state index contributed by atoms with van der Waals surface area (Å²) < 4.78 is 5.79. The van der Waals surface area contributed by atoms with Crippen molar-refractivity contribution in [2.24, 2.45) is 0 Å². The summed E-state index contributed by atoms with van der Waals surface area (Å²) in [5.41, 5.74) is 7.60. The SMILES string of the molecule is Nc1ccc(NC2CC3CCC2O3)cc1. The van der Waals surface area contributed by atoms with Crippen LogP contribution in [-0.2, 0) is 4.74 Å².